The molecule has 0 fully saturated rings. The van der Waals surface area contributed by atoms with E-state index in [9.17, 15) is 15.0 Å². The fraction of sp³-hybridized carbons (Fsp3) is 0.600. The van der Waals surface area contributed by atoms with Crippen molar-refractivity contribution in [3.63, 3.8) is 0 Å². The van der Waals surface area contributed by atoms with Gasteiger partial charge in [0.1, 0.15) is 5.75 Å². The zero-order valence-electron chi connectivity index (χ0n) is 13.2. The summed E-state index contributed by atoms with van der Waals surface area (Å²) < 4.78 is 0. The zero-order valence-corrected chi connectivity index (χ0v) is 13.2. The van der Waals surface area contributed by atoms with Gasteiger partial charge in [0.15, 0.2) is 0 Å². The summed E-state index contributed by atoms with van der Waals surface area (Å²) in [5.41, 5.74) is 1.50. The second-order valence-corrected chi connectivity index (χ2v) is 6.08. The topological polar surface area (TPSA) is 94.5 Å². The number of aliphatic hydroxyl groups excluding tert-OH is 1. The predicted molar refractivity (Wildman–Crippen MR) is 80.8 cm³/mol. The van der Waals surface area contributed by atoms with Gasteiger partial charge in [-0.2, -0.15) is 0 Å². The first-order chi connectivity index (χ1) is 9.74. The van der Waals surface area contributed by atoms with Crippen LogP contribution in [0.3, 0.4) is 0 Å². The third-order valence-corrected chi connectivity index (χ3v) is 2.95. The number of nitrogens with one attached hydrogen (secondary N) is 2. The van der Waals surface area contributed by atoms with Gasteiger partial charge in [0, 0.05) is 42.4 Å². The van der Waals surface area contributed by atoms with Crippen LogP contribution in [0.4, 0.5) is 0 Å². The fourth-order valence-corrected chi connectivity index (χ4v) is 1.91. The Kier molecular flexibility index (Phi) is 6.11. The lowest BCUT2D eigenvalue weighted by atomic mass is 10.1. The van der Waals surface area contributed by atoms with Crippen molar-refractivity contribution in [1.82, 2.24) is 15.6 Å². The maximum absolute atomic E-state index is 11.7. The molecule has 0 bridgehead atoms. The van der Waals surface area contributed by atoms with Crippen LogP contribution in [-0.2, 0) is 17.9 Å². The fourth-order valence-electron chi connectivity index (χ4n) is 1.91. The molecule has 21 heavy (non-hydrogen) atoms. The lowest BCUT2D eigenvalue weighted by molar-refractivity contribution is -0.122. The number of pyridine rings is 1. The number of aliphatic hydroxyl groups is 1. The molecule has 1 amide bonds. The van der Waals surface area contributed by atoms with Gasteiger partial charge in [0.2, 0.25) is 5.91 Å². The van der Waals surface area contributed by atoms with E-state index >= 15 is 0 Å². The Morgan fingerprint density at radius 1 is 1.38 bits per heavy atom. The monoisotopic (exact) mass is 295 g/mol. The Hall–Kier alpha value is -1.66. The van der Waals surface area contributed by atoms with E-state index in [1.165, 1.54) is 0 Å². The van der Waals surface area contributed by atoms with Crippen LogP contribution in [0.15, 0.2) is 6.20 Å². The molecule has 0 saturated carbocycles. The highest BCUT2D eigenvalue weighted by Crippen LogP contribution is 2.23. The number of aryl methyl sites for hydroxylation is 1. The highest BCUT2D eigenvalue weighted by atomic mass is 16.3. The van der Waals surface area contributed by atoms with Gasteiger partial charge in [-0.25, -0.2) is 0 Å². The van der Waals surface area contributed by atoms with Gasteiger partial charge in [-0.3, -0.25) is 9.78 Å². The summed E-state index contributed by atoms with van der Waals surface area (Å²) in [4.78, 5) is 15.7. The molecule has 1 aromatic rings. The number of aromatic hydroxyl groups is 1. The summed E-state index contributed by atoms with van der Waals surface area (Å²) in [6, 6.07) is 0. The van der Waals surface area contributed by atoms with E-state index in [2.05, 4.69) is 15.6 Å². The van der Waals surface area contributed by atoms with Crippen molar-refractivity contribution < 1.29 is 15.0 Å². The van der Waals surface area contributed by atoms with Crippen molar-refractivity contribution in [3.05, 3.63) is 23.0 Å². The summed E-state index contributed by atoms with van der Waals surface area (Å²) in [6.45, 7) is 8.21. The number of hydrogen-bond donors (Lipinski definition) is 4. The molecule has 0 unspecified atom stereocenters. The van der Waals surface area contributed by atoms with Crippen molar-refractivity contribution in [3.8, 4) is 5.75 Å². The van der Waals surface area contributed by atoms with Gasteiger partial charge in [-0.05, 0) is 27.7 Å². The van der Waals surface area contributed by atoms with Gasteiger partial charge in [0.05, 0.1) is 12.3 Å². The van der Waals surface area contributed by atoms with E-state index < -0.39 is 0 Å². The molecule has 0 aliphatic rings. The molecule has 6 nitrogen and oxygen atoms in total. The van der Waals surface area contributed by atoms with Crippen LogP contribution >= 0.6 is 0 Å². The first kappa shape index (κ1) is 17.4. The normalized spacial score (nSPS) is 11.5. The summed E-state index contributed by atoms with van der Waals surface area (Å²) in [6.07, 6.45) is 1.91. The molecule has 0 aliphatic heterocycles. The molecule has 1 rings (SSSR count). The third-order valence-electron chi connectivity index (χ3n) is 2.95. The number of aromatic nitrogens is 1. The van der Waals surface area contributed by atoms with Crippen molar-refractivity contribution in [2.24, 2.45) is 0 Å². The highest BCUT2D eigenvalue weighted by molar-refractivity contribution is 5.76. The molecular weight excluding hydrogens is 270 g/mol. The molecule has 1 heterocycles. The van der Waals surface area contributed by atoms with Crippen LogP contribution in [-0.4, -0.2) is 33.2 Å². The lowest BCUT2D eigenvalue weighted by Crippen LogP contribution is -2.41. The Labute approximate surface area is 125 Å². The predicted octanol–water partition coefficient (Wildman–Crippen LogP) is 0.982. The average molecular weight is 295 g/mol. The standard InChI is InChI=1S/C15H25N3O3/c1-10-14(21)12(11(9-19)7-17-10)8-16-6-5-13(20)18-15(2,3)4/h7,16,19,21H,5-6,8-9H2,1-4H3,(H,18,20). The lowest BCUT2D eigenvalue weighted by Gasteiger charge is -2.20. The van der Waals surface area contributed by atoms with Crippen molar-refractivity contribution in [2.75, 3.05) is 6.54 Å². The molecule has 0 spiro atoms. The van der Waals surface area contributed by atoms with Gasteiger partial charge in [-0.1, -0.05) is 0 Å². The van der Waals surface area contributed by atoms with Crippen molar-refractivity contribution >= 4 is 5.91 Å². The Bertz CT molecular complexity index is 496. The van der Waals surface area contributed by atoms with E-state index in [1.807, 2.05) is 20.8 Å². The molecule has 118 valence electrons. The minimum absolute atomic E-state index is 0.0208. The maximum atomic E-state index is 11.7. The van der Waals surface area contributed by atoms with Crippen LogP contribution < -0.4 is 10.6 Å². The average Bonchev–Trinajstić information content (AvgIpc) is 2.37. The zero-order chi connectivity index (χ0) is 16.0. The molecule has 0 atom stereocenters. The van der Waals surface area contributed by atoms with Gasteiger partial charge in [0.25, 0.3) is 0 Å². The molecule has 0 aromatic carbocycles. The minimum Gasteiger partial charge on any atom is -0.506 e. The van der Waals surface area contributed by atoms with Crippen LogP contribution in [0, 0.1) is 6.92 Å². The third kappa shape index (κ3) is 5.69. The first-order valence-corrected chi connectivity index (χ1v) is 7.03. The molecule has 6 heteroatoms. The Balaban J connectivity index is 2.50. The Morgan fingerprint density at radius 3 is 2.62 bits per heavy atom. The van der Waals surface area contributed by atoms with E-state index in [1.54, 1.807) is 13.1 Å². The SMILES string of the molecule is Cc1ncc(CO)c(CNCCC(=O)NC(C)(C)C)c1O. The van der Waals surface area contributed by atoms with Crippen LogP contribution in [0.25, 0.3) is 0 Å². The number of carbonyl (C=O) groups is 1. The molecule has 4 N–H and O–H groups in total. The van der Waals surface area contributed by atoms with Gasteiger partial charge in [-0.15, -0.1) is 0 Å². The quantitative estimate of drug-likeness (QED) is 0.587. The second-order valence-electron chi connectivity index (χ2n) is 6.08. The molecule has 0 radical (unpaired) electrons. The van der Waals surface area contributed by atoms with Crippen LogP contribution in [0.1, 0.15) is 44.0 Å². The minimum atomic E-state index is -0.235. The first-order valence-electron chi connectivity index (χ1n) is 7.03. The van der Waals surface area contributed by atoms with Crippen molar-refractivity contribution in [2.45, 2.75) is 52.8 Å². The largest absolute Gasteiger partial charge is 0.506 e. The number of rotatable bonds is 6. The second kappa shape index (κ2) is 7.38. The number of carbonyl (C=O) groups excluding carboxylic acids is 1. The van der Waals surface area contributed by atoms with Crippen molar-refractivity contribution in [1.29, 1.82) is 0 Å². The van der Waals surface area contributed by atoms with Crippen LogP contribution in [0.2, 0.25) is 0 Å². The number of hydrogen-bond acceptors (Lipinski definition) is 5. The molecular formula is C15H25N3O3. The summed E-state index contributed by atoms with van der Waals surface area (Å²) >= 11 is 0. The van der Waals surface area contributed by atoms with E-state index in [-0.39, 0.29) is 23.8 Å². The summed E-state index contributed by atoms with van der Waals surface area (Å²) in [5, 5.41) is 25.2. The highest BCUT2D eigenvalue weighted by Gasteiger charge is 2.14. The Morgan fingerprint density at radius 2 is 2.05 bits per heavy atom. The number of amides is 1. The van der Waals surface area contributed by atoms with Gasteiger partial charge >= 0.3 is 0 Å². The molecule has 1 aromatic heterocycles. The van der Waals surface area contributed by atoms with E-state index in [0.29, 0.717) is 36.3 Å². The smallest absolute Gasteiger partial charge is 0.221 e. The van der Waals surface area contributed by atoms with Gasteiger partial charge < -0.3 is 20.8 Å². The van der Waals surface area contributed by atoms with Crippen LogP contribution in [0.5, 0.6) is 5.75 Å². The maximum Gasteiger partial charge on any atom is 0.221 e. The number of nitrogens with zero attached hydrogens (tertiary/aromatic N) is 1. The van der Waals surface area contributed by atoms with E-state index in [0.717, 1.165) is 0 Å². The summed E-state index contributed by atoms with van der Waals surface area (Å²) in [5.74, 6) is 0.0701. The van der Waals surface area contributed by atoms with E-state index in [4.69, 9.17) is 0 Å². The molecule has 0 saturated heterocycles. The summed E-state index contributed by atoms with van der Waals surface area (Å²) in [7, 11) is 0. The molecule has 0 aliphatic carbocycles.